The van der Waals surface area contributed by atoms with E-state index in [1.54, 1.807) is 0 Å². The molecule has 0 saturated carbocycles. The van der Waals surface area contributed by atoms with Crippen LogP contribution >= 0.6 is 0 Å². The van der Waals surface area contributed by atoms with Gasteiger partial charge < -0.3 is 4.74 Å². The molecule has 0 unspecified atom stereocenters. The number of ether oxygens (including phenoxy) is 1. The number of carbonyl (C=O) groups excluding carboxylic acids is 2. The summed E-state index contributed by atoms with van der Waals surface area (Å²) >= 11 is 0. The zero-order chi connectivity index (χ0) is 12.6. The molecule has 1 heterocycles. The van der Waals surface area contributed by atoms with Crippen LogP contribution in [-0.4, -0.2) is 11.9 Å². The largest absolute Gasteiger partial charge is 0.386 e. The van der Waals surface area contributed by atoms with Crippen molar-refractivity contribution in [1.82, 2.24) is 0 Å². The molecule has 0 radical (unpaired) electrons. The van der Waals surface area contributed by atoms with E-state index in [9.17, 15) is 9.59 Å². The molecule has 17 heavy (non-hydrogen) atoms. The maximum Gasteiger partial charge on any atom is 0.347 e. The monoisotopic (exact) mass is 232 g/mol. The maximum atomic E-state index is 11.7. The molecule has 0 bridgehead atoms. The van der Waals surface area contributed by atoms with E-state index in [0.29, 0.717) is 11.1 Å². The fourth-order valence-electron chi connectivity index (χ4n) is 2.48. The van der Waals surface area contributed by atoms with Crippen LogP contribution < -0.4 is 0 Å². The molecular weight excluding hydrogens is 216 g/mol. The molecule has 3 heteroatoms. The Bertz CT molecular complexity index is 501. The molecule has 1 aromatic carbocycles. The normalized spacial score (nSPS) is 13.8. The van der Waals surface area contributed by atoms with Crippen molar-refractivity contribution in [2.45, 2.75) is 40.0 Å². The first-order valence-corrected chi connectivity index (χ1v) is 6.08. The van der Waals surface area contributed by atoms with Crippen LogP contribution in [-0.2, 0) is 24.0 Å². The number of fused-ring (bicyclic) bond motifs is 1. The molecule has 1 aliphatic rings. The number of rotatable bonds is 3. The molecule has 0 fully saturated rings. The number of benzene rings is 1. The van der Waals surface area contributed by atoms with Crippen molar-refractivity contribution in [3.8, 4) is 0 Å². The van der Waals surface area contributed by atoms with Crippen molar-refractivity contribution < 1.29 is 14.3 Å². The second kappa shape index (κ2) is 4.32. The van der Waals surface area contributed by atoms with Crippen LogP contribution in [0.1, 0.15) is 58.2 Å². The van der Waals surface area contributed by atoms with Gasteiger partial charge in [-0.15, -0.1) is 0 Å². The fourth-order valence-corrected chi connectivity index (χ4v) is 2.48. The highest BCUT2D eigenvalue weighted by Crippen LogP contribution is 2.31. The highest BCUT2D eigenvalue weighted by atomic mass is 16.6. The van der Waals surface area contributed by atoms with Gasteiger partial charge in [0.05, 0.1) is 11.1 Å². The summed E-state index contributed by atoms with van der Waals surface area (Å²) < 4.78 is 4.74. The van der Waals surface area contributed by atoms with E-state index < -0.39 is 11.9 Å². The molecule has 0 spiro atoms. The van der Waals surface area contributed by atoms with Gasteiger partial charge in [-0.2, -0.15) is 0 Å². The Morgan fingerprint density at radius 2 is 1.47 bits per heavy atom. The highest BCUT2D eigenvalue weighted by molar-refractivity contribution is 6.16. The molecule has 90 valence electrons. The summed E-state index contributed by atoms with van der Waals surface area (Å²) in [4.78, 5) is 23.4. The maximum absolute atomic E-state index is 11.7. The van der Waals surface area contributed by atoms with Crippen LogP contribution in [0.25, 0.3) is 0 Å². The van der Waals surface area contributed by atoms with E-state index in [0.717, 1.165) is 36.0 Å². The van der Waals surface area contributed by atoms with Gasteiger partial charge in [-0.1, -0.05) is 26.8 Å². The molecular formula is C14H16O3. The average Bonchev–Trinajstić information content (AvgIpc) is 2.63. The van der Waals surface area contributed by atoms with Crippen molar-refractivity contribution in [2.75, 3.05) is 0 Å². The zero-order valence-corrected chi connectivity index (χ0v) is 10.4. The van der Waals surface area contributed by atoms with Crippen molar-refractivity contribution >= 4 is 11.9 Å². The molecule has 0 amide bonds. The Kier molecular flexibility index (Phi) is 3.01. The third-order valence-electron chi connectivity index (χ3n) is 3.32. The molecule has 0 saturated heterocycles. The first-order chi connectivity index (χ1) is 8.13. The van der Waals surface area contributed by atoms with Gasteiger partial charge in [-0.05, 0) is 36.0 Å². The van der Waals surface area contributed by atoms with E-state index in [-0.39, 0.29) is 0 Å². The predicted molar refractivity (Wildman–Crippen MR) is 64.3 cm³/mol. The van der Waals surface area contributed by atoms with Gasteiger partial charge in [0.25, 0.3) is 0 Å². The number of esters is 2. The molecule has 1 aromatic rings. The lowest BCUT2D eigenvalue weighted by molar-refractivity contribution is 0.0443. The molecule has 3 nitrogen and oxygen atoms in total. The molecule has 0 aliphatic carbocycles. The van der Waals surface area contributed by atoms with Gasteiger partial charge in [0.2, 0.25) is 0 Å². The summed E-state index contributed by atoms with van der Waals surface area (Å²) in [7, 11) is 0. The topological polar surface area (TPSA) is 43.4 Å². The first kappa shape index (κ1) is 11.8. The summed E-state index contributed by atoms with van der Waals surface area (Å²) in [5, 5.41) is 0. The van der Waals surface area contributed by atoms with Gasteiger partial charge in [0, 0.05) is 0 Å². The minimum atomic E-state index is -0.487. The molecule has 1 aliphatic heterocycles. The van der Waals surface area contributed by atoms with Crippen LogP contribution in [0.3, 0.4) is 0 Å². The van der Waals surface area contributed by atoms with Crippen molar-refractivity contribution in [2.24, 2.45) is 0 Å². The SMILES string of the molecule is CCc1cc(CC)c2c(c1CC)C(=O)OC2=O. The summed E-state index contributed by atoms with van der Waals surface area (Å²) in [5.41, 5.74) is 4.04. The van der Waals surface area contributed by atoms with Crippen molar-refractivity contribution in [3.63, 3.8) is 0 Å². The Morgan fingerprint density at radius 3 is 2.00 bits per heavy atom. The standard InChI is InChI=1S/C14H16O3/c1-4-8-7-9(5-2)11-12(10(8)6-3)14(16)17-13(11)15/h7H,4-6H2,1-3H3. The number of cyclic esters (lactones) is 2. The van der Waals surface area contributed by atoms with Crippen molar-refractivity contribution in [1.29, 1.82) is 0 Å². The summed E-state index contributed by atoms with van der Waals surface area (Å²) in [6, 6.07) is 2.04. The van der Waals surface area contributed by atoms with Crippen molar-refractivity contribution in [3.05, 3.63) is 33.9 Å². The minimum absolute atomic E-state index is 0.480. The second-order valence-electron chi connectivity index (χ2n) is 4.16. The third kappa shape index (κ3) is 1.66. The first-order valence-electron chi connectivity index (χ1n) is 6.08. The molecule has 0 atom stereocenters. The smallest absolute Gasteiger partial charge is 0.347 e. The van der Waals surface area contributed by atoms with E-state index in [2.05, 4.69) is 6.92 Å². The van der Waals surface area contributed by atoms with Gasteiger partial charge in [-0.3, -0.25) is 0 Å². The highest BCUT2D eigenvalue weighted by Gasteiger charge is 2.34. The zero-order valence-electron chi connectivity index (χ0n) is 10.4. The number of aryl methyl sites for hydroxylation is 2. The lowest BCUT2D eigenvalue weighted by atomic mass is 9.89. The number of hydrogen-bond acceptors (Lipinski definition) is 3. The van der Waals surface area contributed by atoms with Gasteiger partial charge in [0.15, 0.2) is 0 Å². The Labute approximate surface area is 101 Å². The third-order valence-corrected chi connectivity index (χ3v) is 3.32. The molecule has 2 rings (SSSR count). The Balaban J connectivity index is 2.79. The number of hydrogen-bond donors (Lipinski definition) is 0. The van der Waals surface area contributed by atoms with E-state index in [1.165, 1.54) is 0 Å². The van der Waals surface area contributed by atoms with Crippen LogP contribution in [0.15, 0.2) is 6.07 Å². The molecule has 0 aromatic heterocycles. The fraction of sp³-hybridized carbons (Fsp3) is 0.429. The average molecular weight is 232 g/mol. The quantitative estimate of drug-likeness (QED) is 0.594. The second-order valence-corrected chi connectivity index (χ2v) is 4.16. The van der Waals surface area contributed by atoms with Crippen LogP contribution in [0.5, 0.6) is 0 Å². The summed E-state index contributed by atoms with van der Waals surface area (Å²) in [6.45, 7) is 6.04. The van der Waals surface area contributed by atoms with Crippen LogP contribution in [0, 0.1) is 0 Å². The summed E-state index contributed by atoms with van der Waals surface area (Å²) in [5.74, 6) is -0.967. The van der Waals surface area contributed by atoms with E-state index in [1.807, 2.05) is 19.9 Å². The number of carbonyl (C=O) groups is 2. The Hall–Kier alpha value is -1.64. The minimum Gasteiger partial charge on any atom is -0.386 e. The predicted octanol–water partition coefficient (Wildman–Crippen LogP) is 2.68. The van der Waals surface area contributed by atoms with Gasteiger partial charge >= 0.3 is 11.9 Å². The van der Waals surface area contributed by atoms with Gasteiger partial charge in [-0.25, -0.2) is 9.59 Å². The van der Waals surface area contributed by atoms with Crippen LogP contribution in [0.2, 0.25) is 0 Å². The van der Waals surface area contributed by atoms with Gasteiger partial charge in [0.1, 0.15) is 0 Å². The summed E-state index contributed by atoms with van der Waals surface area (Å²) in [6.07, 6.45) is 2.35. The van der Waals surface area contributed by atoms with E-state index >= 15 is 0 Å². The lowest BCUT2D eigenvalue weighted by Gasteiger charge is -2.12. The lowest BCUT2D eigenvalue weighted by Crippen LogP contribution is -2.06. The molecule has 0 N–H and O–H groups in total. The Morgan fingerprint density at radius 1 is 0.882 bits per heavy atom. The van der Waals surface area contributed by atoms with Crippen LogP contribution in [0.4, 0.5) is 0 Å². The van der Waals surface area contributed by atoms with E-state index in [4.69, 9.17) is 4.74 Å².